The Morgan fingerprint density at radius 1 is 1.50 bits per heavy atom. The summed E-state index contributed by atoms with van der Waals surface area (Å²) in [6.45, 7) is 8.84. The van der Waals surface area contributed by atoms with Crippen LogP contribution in [0.1, 0.15) is 20.8 Å². The minimum atomic E-state index is -0.542. The molecule has 2 aromatic rings. The number of hydrogen-bond acceptors (Lipinski definition) is 6. The van der Waals surface area contributed by atoms with E-state index in [1.807, 2.05) is 20.8 Å². The third kappa shape index (κ3) is 3.01. The van der Waals surface area contributed by atoms with Gasteiger partial charge in [-0.3, -0.25) is 4.79 Å². The second-order valence-corrected chi connectivity index (χ2v) is 5.84. The molecule has 20 heavy (non-hydrogen) atoms. The standard InChI is InChI=1S/C12H14BrN5O2/c1-12(2,3)20-7(19)5-18-11-8(9(13)17-18)10(14-4)15-6-16-11/h6H,4-5H2,1-3H3. The molecule has 0 bridgehead atoms. The quantitative estimate of drug-likeness (QED) is 0.632. The largest absolute Gasteiger partial charge is 0.459 e. The van der Waals surface area contributed by atoms with Gasteiger partial charge in [-0.2, -0.15) is 5.10 Å². The molecule has 0 aliphatic carbocycles. The lowest BCUT2D eigenvalue weighted by molar-refractivity contribution is -0.155. The number of nitrogens with zero attached hydrogens (tertiary/aromatic N) is 5. The number of hydrogen-bond donors (Lipinski definition) is 0. The normalized spacial score (nSPS) is 11.6. The van der Waals surface area contributed by atoms with Gasteiger partial charge in [0.05, 0.1) is 5.39 Å². The lowest BCUT2D eigenvalue weighted by Gasteiger charge is -2.19. The third-order valence-corrected chi connectivity index (χ3v) is 2.87. The molecule has 2 aromatic heterocycles. The van der Waals surface area contributed by atoms with E-state index in [4.69, 9.17) is 4.74 Å². The van der Waals surface area contributed by atoms with Crippen molar-refractivity contribution in [3.05, 3.63) is 10.9 Å². The van der Waals surface area contributed by atoms with Gasteiger partial charge in [0.15, 0.2) is 11.5 Å². The Balaban J connectivity index is 2.37. The number of aromatic nitrogens is 4. The van der Waals surface area contributed by atoms with Crippen LogP contribution in [-0.2, 0) is 16.1 Å². The summed E-state index contributed by atoms with van der Waals surface area (Å²) in [6.07, 6.45) is 1.35. The first-order valence-corrected chi connectivity index (χ1v) is 6.66. The second kappa shape index (κ2) is 5.28. The summed E-state index contributed by atoms with van der Waals surface area (Å²) in [6, 6.07) is 0. The predicted octanol–water partition coefficient (Wildman–Crippen LogP) is 2.26. The molecule has 2 heterocycles. The van der Waals surface area contributed by atoms with Crippen LogP contribution in [0.25, 0.3) is 11.0 Å². The molecule has 0 saturated carbocycles. The Hall–Kier alpha value is -1.83. The third-order valence-electron chi connectivity index (χ3n) is 2.32. The van der Waals surface area contributed by atoms with Crippen LogP contribution in [0.15, 0.2) is 15.9 Å². The summed E-state index contributed by atoms with van der Waals surface area (Å²) in [5, 5.41) is 4.83. The second-order valence-electron chi connectivity index (χ2n) is 5.09. The smallest absolute Gasteiger partial charge is 0.328 e. The van der Waals surface area contributed by atoms with Crippen molar-refractivity contribution in [2.45, 2.75) is 32.9 Å². The van der Waals surface area contributed by atoms with Gasteiger partial charge in [-0.1, -0.05) is 0 Å². The minimum absolute atomic E-state index is 0.0348. The molecule has 106 valence electrons. The zero-order valence-corrected chi connectivity index (χ0v) is 13.0. The van der Waals surface area contributed by atoms with Crippen molar-refractivity contribution in [3.8, 4) is 0 Å². The summed E-state index contributed by atoms with van der Waals surface area (Å²) < 4.78 is 7.22. The zero-order valence-electron chi connectivity index (χ0n) is 11.4. The van der Waals surface area contributed by atoms with Crippen LogP contribution >= 0.6 is 15.9 Å². The van der Waals surface area contributed by atoms with Crippen molar-refractivity contribution in [2.75, 3.05) is 0 Å². The van der Waals surface area contributed by atoms with Crippen LogP contribution in [0, 0.1) is 0 Å². The Morgan fingerprint density at radius 3 is 2.80 bits per heavy atom. The summed E-state index contributed by atoms with van der Waals surface area (Å²) in [5.74, 6) is 0.0263. The molecule has 0 fully saturated rings. The molecular formula is C12H14BrN5O2. The number of carbonyl (C=O) groups excluding carboxylic acids is 1. The summed E-state index contributed by atoms with van der Waals surface area (Å²) >= 11 is 3.31. The molecule has 0 amide bonds. The van der Waals surface area contributed by atoms with E-state index in [2.05, 4.69) is 42.7 Å². The van der Waals surface area contributed by atoms with Gasteiger partial charge in [0, 0.05) is 0 Å². The van der Waals surface area contributed by atoms with Gasteiger partial charge in [-0.15, -0.1) is 0 Å². The maximum Gasteiger partial charge on any atom is 0.328 e. The molecule has 0 unspecified atom stereocenters. The number of esters is 1. The van der Waals surface area contributed by atoms with E-state index < -0.39 is 5.60 Å². The Morgan fingerprint density at radius 2 is 2.20 bits per heavy atom. The monoisotopic (exact) mass is 339 g/mol. The molecular weight excluding hydrogens is 326 g/mol. The summed E-state index contributed by atoms with van der Waals surface area (Å²) in [4.78, 5) is 23.8. The molecule has 0 aromatic carbocycles. The fourth-order valence-corrected chi connectivity index (χ4v) is 2.22. The Bertz CT molecular complexity index is 674. The topological polar surface area (TPSA) is 82.3 Å². The van der Waals surface area contributed by atoms with Crippen molar-refractivity contribution in [1.82, 2.24) is 19.7 Å². The van der Waals surface area contributed by atoms with E-state index in [9.17, 15) is 4.79 Å². The average molecular weight is 340 g/mol. The van der Waals surface area contributed by atoms with Crippen LogP contribution in [0.4, 0.5) is 5.82 Å². The van der Waals surface area contributed by atoms with E-state index in [-0.39, 0.29) is 12.5 Å². The van der Waals surface area contributed by atoms with Gasteiger partial charge in [0.1, 0.15) is 23.1 Å². The molecule has 2 rings (SSSR count). The number of aliphatic imine (C=N–C) groups is 1. The first kappa shape index (κ1) is 14.6. The molecule has 0 atom stereocenters. The van der Waals surface area contributed by atoms with Gasteiger partial charge >= 0.3 is 5.97 Å². The van der Waals surface area contributed by atoms with E-state index in [0.717, 1.165) is 0 Å². The van der Waals surface area contributed by atoms with E-state index in [1.54, 1.807) is 0 Å². The molecule has 0 saturated heterocycles. The molecule has 0 spiro atoms. The molecule has 0 N–H and O–H groups in total. The summed E-state index contributed by atoms with van der Waals surface area (Å²) in [7, 11) is 0. The fraction of sp³-hybridized carbons (Fsp3) is 0.417. The maximum atomic E-state index is 11.9. The number of halogens is 1. The molecule has 0 aliphatic heterocycles. The lowest BCUT2D eigenvalue weighted by atomic mass is 10.2. The number of rotatable bonds is 3. The summed E-state index contributed by atoms with van der Waals surface area (Å²) in [5.41, 5.74) is -0.0415. The molecule has 0 radical (unpaired) electrons. The van der Waals surface area contributed by atoms with E-state index in [0.29, 0.717) is 21.5 Å². The molecule has 8 heteroatoms. The Kier molecular flexibility index (Phi) is 3.85. The SMILES string of the molecule is C=Nc1ncnc2c1c(Br)nn2CC(=O)OC(C)(C)C. The average Bonchev–Trinajstić information content (AvgIpc) is 2.64. The highest BCUT2D eigenvalue weighted by molar-refractivity contribution is 9.10. The minimum Gasteiger partial charge on any atom is -0.459 e. The zero-order chi connectivity index (χ0) is 14.9. The van der Waals surface area contributed by atoms with Crippen LogP contribution in [-0.4, -0.2) is 38.0 Å². The predicted molar refractivity (Wildman–Crippen MR) is 78.1 cm³/mol. The first-order chi connectivity index (χ1) is 9.31. The number of ether oxygens (including phenoxy) is 1. The molecule has 0 aliphatic rings. The van der Waals surface area contributed by atoms with Crippen molar-refractivity contribution in [3.63, 3.8) is 0 Å². The van der Waals surface area contributed by atoms with Gasteiger partial charge in [-0.05, 0) is 43.4 Å². The van der Waals surface area contributed by atoms with Crippen molar-refractivity contribution < 1.29 is 9.53 Å². The fourth-order valence-electron chi connectivity index (χ4n) is 1.68. The van der Waals surface area contributed by atoms with Crippen molar-refractivity contribution in [1.29, 1.82) is 0 Å². The van der Waals surface area contributed by atoms with Crippen LogP contribution in [0.5, 0.6) is 0 Å². The number of fused-ring (bicyclic) bond motifs is 1. The van der Waals surface area contributed by atoms with Gasteiger partial charge in [-0.25, -0.2) is 19.6 Å². The highest BCUT2D eigenvalue weighted by Gasteiger charge is 2.20. The van der Waals surface area contributed by atoms with Crippen LogP contribution in [0.3, 0.4) is 0 Å². The van der Waals surface area contributed by atoms with Gasteiger partial charge in [0.25, 0.3) is 0 Å². The molecule has 7 nitrogen and oxygen atoms in total. The van der Waals surface area contributed by atoms with Crippen molar-refractivity contribution in [2.24, 2.45) is 4.99 Å². The lowest BCUT2D eigenvalue weighted by Crippen LogP contribution is -2.26. The van der Waals surface area contributed by atoms with E-state index >= 15 is 0 Å². The maximum absolute atomic E-state index is 11.9. The van der Waals surface area contributed by atoms with Crippen LogP contribution in [0.2, 0.25) is 0 Å². The highest BCUT2D eigenvalue weighted by atomic mass is 79.9. The first-order valence-electron chi connectivity index (χ1n) is 5.87. The Labute approximate surface area is 124 Å². The van der Waals surface area contributed by atoms with Gasteiger partial charge in [0.2, 0.25) is 0 Å². The van der Waals surface area contributed by atoms with Gasteiger partial charge < -0.3 is 4.74 Å². The van der Waals surface area contributed by atoms with E-state index in [1.165, 1.54) is 11.0 Å². The highest BCUT2D eigenvalue weighted by Crippen LogP contribution is 2.28. The number of carbonyl (C=O) groups is 1. The van der Waals surface area contributed by atoms with Crippen LogP contribution < -0.4 is 0 Å². The van der Waals surface area contributed by atoms with Crippen molar-refractivity contribution >= 4 is 45.5 Å².